The Hall–Kier alpha value is 0.890. The molecule has 0 heterocycles. The van der Waals surface area contributed by atoms with E-state index in [2.05, 4.69) is 4.52 Å². The Morgan fingerprint density at radius 2 is 1.86 bits per heavy atom. The molecule has 0 aromatic rings. The maximum absolute atomic E-state index is 7.95. The van der Waals surface area contributed by atoms with Gasteiger partial charge in [0.25, 0.3) is 0 Å². The van der Waals surface area contributed by atoms with Gasteiger partial charge in [0.2, 0.25) is 5.02 Å². The minimum Gasteiger partial charge on any atom is -0.328 e. The molecule has 0 spiro atoms. The summed E-state index contributed by atoms with van der Waals surface area (Å²) >= 11 is 9.82. The van der Waals surface area contributed by atoms with Crippen molar-refractivity contribution >= 4 is 31.8 Å². The van der Waals surface area contributed by atoms with Gasteiger partial charge in [-0.25, -0.2) is 0 Å². The molecule has 6 heteroatoms. The Balaban J connectivity index is 2.95. The van der Waals surface area contributed by atoms with Crippen LogP contribution < -0.4 is 0 Å². The lowest BCUT2D eigenvalue weighted by Crippen LogP contribution is -1.87. The molecule has 0 amide bonds. The highest BCUT2D eigenvalue weighted by Gasteiger charge is 2.04. The summed E-state index contributed by atoms with van der Waals surface area (Å²) in [5, 5.41) is -1.15. The molecule has 0 bridgehead atoms. The molecule has 44 valence electrons. The largest absolute Gasteiger partial charge is 0.329 e. The quantitative estimate of drug-likeness (QED) is 0.473. The van der Waals surface area contributed by atoms with Gasteiger partial charge in [0, 0.05) is 0 Å². The van der Waals surface area contributed by atoms with E-state index in [0.717, 1.165) is 0 Å². The van der Waals surface area contributed by atoms with Crippen LogP contribution in [-0.4, -0.2) is 14.8 Å². The van der Waals surface area contributed by atoms with Crippen LogP contribution in [0, 0.1) is 0 Å². The molecule has 7 heavy (non-hydrogen) atoms. The van der Waals surface area contributed by atoms with Gasteiger partial charge < -0.3 is 9.79 Å². The van der Waals surface area contributed by atoms with Crippen LogP contribution in [0.15, 0.2) is 0 Å². The van der Waals surface area contributed by atoms with Gasteiger partial charge in [-0.2, -0.15) is 0 Å². The second-order valence-electron chi connectivity index (χ2n) is 0.619. The molecular weight excluding hydrogens is 162 g/mol. The van der Waals surface area contributed by atoms with Crippen molar-refractivity contribution < 1.29 is 14.3 Å². The first kappa shape index (κ1) is 7.89. The molecular formula is CH3Cl2O3P. The van der Waals surface area contributed by atoms with E-state index in [-0.39, 0.29) is 0 Å². The third-order valence-corrected chi connectivity index (χ3v) is 1.000. The molecule has 0 radical (unpaired) electrons. The van der Waals surface area contributed by atoms with Crippen LogP contribution in [0.3, 0.4) is 0 Å². The molecule has 0 atom stereocenters. The van der Waals surface area contributed by atoms with Crippen molar-refractivity contribution in [2.24, 2.45) is 0 Å². The Labute approximate surface area is 51.8 Å². The zero-order chi connectivity index (χ0) is 5.86. The second-order valence-corrected chi connectivity index (χ2v) is 2.35. The van der Waals surface area contributed by atoms with E-state index in [0.29, 0.717) is 0 Å². The molecule has 0 rings (SSSR count). The second kappa shape index (κ2) is 3.84. The first-order valence-corrected chi connectivity index (χ1v) is 3.29. The first-order valence-electron chi connectivity index (χ1n) is 1.25. The summed E-state index contributed by atoms with van der Waals surface area (Å²) in [6.45, 7) is 0. The summed E-state index contributed by atoms with van der Waals surface area (Å²) in [5.74, 6) is 0. The van der Waals surface area contributed by atoms with Gasteiger partial charge in [-0.1, -0.05) is 23.2 Å². The third kappa shape index (κ3) is 6.89. The third-order valence-electron chi connectivity index (χ3n) is 0.174. The van der Waals surface area contributed by atoms with Gasteiger partial charge in [0.1, 0.15) is 0 Å². The van der Waals surface area contributed by atoms with Crippen molar-refractivity contribution in [3.63, 3.8) is 0 Å². The lowest BCUT2D eigenvalue weighted by molar-refractivity contribution is 0.276. The van der Waals surface area contributed by atoms with E-state index in [1.807, 2.05) is 0 Å². The summed E-state index contributed by atoms with van der Waals surface area (Å²) < 4.78 is 3.96. The average Bonchev–Trinajstić information content (AvgIpc) is 1.27. The SMILES string of the molecule is OP(O)OC(Cl)Cl. The zero-order valence-electron chi connectivity index (χ0n) is 3.08. The van der Waals surface area contributed by atoms with Gasteiger partial charge in [0.15, 0.2) is 0 Å². The lowest BCUT2D eigenvalue weighted by atomic mass is 11.7. The highest BCUT2D eigenvalue weighted by molar-refractivity contribution is 7.39. The van der Waals surface area contributed by atoms with E-state index in [1.54, 1.807) is 0 Å². The van der Waals surface area contributed by atoms with Crippen LogP contribution in [0.2, 0.25) is 0 Å². The van der Waals surface area contributed by atoms with E-state index in [1.165, 1.54) is 0 Å². The predicted molar refractivity (Wildman–Crippen MR) is 27.9 cm³/mol. The number of hydrogen-bond acceptors (Lipinski definition) is 3. The van der Waals surface area contributed by atoms with Gasteiger partial charge in [0.05, 0.1) is 0 Å². The summed E-state index contributed by atoms with van der Waals surface area (Å²) in [5.41, 5.74) is 0. The Bertz CT molecular complexity index is 42.2. The van der Waals surface area contributed by atoms with Crippen LogP contribution in [-0.2, 0) is 4.52 Å². The monoisotopic (exact) mass is 164 g/mol. The van der Waals surface area contributed by atoms with Crippen LogP contribution in [0.5, 0.6) is 0 Å². The normalized spacial score (nSPS) is 11.1. The molecule has 3 nitrogen and oxygen atoms in total. The van der Waals surface area contributed by atoms with Crippen LogP contribution in [0.4, 0.5) is 0 Å². The average molecular weight is 165 g/mol. The minimum absolute atomic E-state index is 1.15. The maximum Gasteiger partial charge on any atom is 0.329 e. The number of hydrogen-bond donors (Lipinski definition) is 2. The number of halogens is 2. The van der Waals surface area contributed by atoms with Crippen LogP contribution >= 0.6 is 31.8 Å². The Morgan fingerprint density at radius 3 is 1.86 bits per heavy atom. The highest BCUT2D eigenvalue weighted by Crippen LogP contribution is 2.29. The molecule has 0 aliphatic heterocycles. The Morgan fingerprint density at radius 1 is 1.43 bits per heavy atom. The summed E-state index contributed by atoms with van der Waals surface area (Å²) in [6, 6.07) is 0. The van der Waals surface area contributed by atoms with Crippen LogP contribution in [0.1, 0.15) is 0 Å². The molecule has 0 aliphatic carbocycles. The van der Waals surface area contributed by atoms with Gasteiger partial charge >= 0.3 is 8.60 Å². The number of rotatable bonds is 2. The first-order chi connectivity index (χ1) is 3.13. The van der Waals surface area contributed by atoms with Gasteiger partial charge in [-0.05, 0) is 0 Å². The van der Waals surface area contributed by atoms with Gasteiger partial charge in [-0.3, -0.25) is 4.52 Å². The zero-order valence-corrected chi connectivity index (χ0v) is 5.49. The van der Waals surface area contributed by atoms with Crippen molar-refractivity contribution in [1.29, 1.82) is 0 Å². The van der Waals surface area contributed by atoms with Crippen molar-refractivity contribution in [1.82, 2.24) is 0 Å². The molecule has 0 fully saturated rings. The van der Waals surface area contributed by atoms with E-state index in [9.17, 15) is 0 Å². The predicted octanol–water partition coefficient (Wildman–Crippen LogP) is 0.976. The fourth-order valence-electron chi connectivity index (χ4n) is 0.0713. The van der Waals surface area contributed by atoms with E-state index in [4.69, 9.17) is 33.0 Å². The number of alkyl halides is 2. The van der Waals surface area contributed by atoms with Crippen molar-refractivity contribution in [2.45, 2.75) is 5.02 Å². The summed E-state index contributed by atoms with van der Waals surface area (Å²) in [6.07, 6.45) is 0. The topological polar surface area (TPSA) is 49.7 Å². The van der Waals surface area contributed by atoms with Gasteiger partial charge in [-0.15, -0.1) is 0 Å². The highest BCUT2D eigenvalue weighted by atomic mass is 35.5. The summed E-state index contributed by atoms with van der Waals surface area (Å²) in [4.78, 5) is 15.9. The molecule has 0 aromatic heterocycles. The smallest absolute Gasteiger partial charge is 0.328 e. The fourth-order valence-corrected chi connectivity index (χ4v) is 0.641. The molecule has 0 aromatic carbocycles. The molecule has 0 saturated carbocycles. The fraction of sp³-hybridized carbons (Fsp3) is 1.00. The molecule has 2 N–H and O–H groups in total. The van der Waals surface area contributed by atoms with Crippen molar-refractivity contribution in [2.75, 3.05) is 0 Å². The van der Waals surface area contributed by atoms with Crippen LogP contribution in [0.25, 0.3) is 0 Å². The molecule has 0 aliphatic rings. The molecule has 0 unspecified atom stereocenters. The van der Waals surface area contributed by atoms with Crippen molar-refractivity contribution in [3.05, 3.63) is 0 Å². The lowest BCUT2D eigenvalue weighted by Gasteiger charge is -2.00. The van der Waals surface area contributed by atoms with E-state index >= 15 is 0 Å². The molecule has 0 saturated heterocycles. The maximum atomic E-state index is 7.95. The standard InChI is InChI=1S/CH3Cl2O3P/c2-1(3)6-7(4)5/h1,4-5H. The van der Waals surface area contributed by atoms with Crippen molar-refractivity contribution in [3.8, 4) is 0 Å². The minimum atomic E-state index is -2.40. The van der Waals surface area contributed by atoms with E-state index < -0.39 is 13.6 Å². The Kier molecular flexibility index (Phi) is 4.33. The summed E-state index contributed by atoms with van der Waals surface area (Å²) in [7, 11) is -2.40.